The summed E-state index contributed by atoms with van der Waals surface area (Å²) in [5.41, 5.74) is 2.54. The van der Waals surface area contributed by atoms with Crippen LogP contribution in [0.3, 0.4) is 0 Å². The van der Waals surface area contributed by atoms with E-state index in [0.29, 0.717) is 5.82 Å². The molecule has 0 saturated heterocycles. The van der Waals surface area contributed by atoms with E-state index in [1.54, 1.807) is 0 Å². The smallest absolute Gasteiger partial charge is 0.161 e. The third kappa shape index (κ3) is 3.53. The van der Waals surface area contributed by atoms with Crippen LogP contribution in [0.15, 0.2) is 24.3 Å². The lowest BCUT2D eigenvalue weighted by atomic mass is 10.1. The molecule has 1 aromatic heterocycles. The molecule has 20 heavy (non-hydrogen) atoms. The molecular formula is C16H20FN3. The van der Waals surface area contributed by atoms with Crippen LogP contribution in [0.4, 0.5) is 10.2 Å². The third-order valence-corrected chi connectivity index (χ3v) is 3.00. The Bertz CT molecular complexity index is 576. The number of aryl methyl sites for hydroxylation is 2. The monoisotopic (exact) mass is 273 g/mol. The third-order valence-electron chi connectivity index (χ3n) is 3.00. The van der Waals surface area contributed by atoms with Gasteiger partial charge in [-0.2, -0.15) is 0 Å². The lowest BCUT2D eigenvalue weighted by molar-refractivity contribution is 0.627. The Balaban J connectivity index is 2.43. The molecule has 1 heterocycles. The molecule has 1 aromatic carbocycles. The number of benzene rings is 1. The van der Waals surface area contributed by atoms with Crippen LogP contribution in [0.5, 0.6) is 0 Å². The van der Waals surface area contributed by atoms with Crippen molar-refractivity contribution in [1.29, 1.82) is 0 Å². The van der Waals surface area contributed by atoms with E-state index >= 15 is 0 Å². The molecule has 0 saturated carbocycles. The van der Waals surface area contributed by atoms with E-state index in [0.717, 1.165) is 42.0 Å². The molecule has 2 rings (SSSR count). The Kier molecular flexibility index (Phi) is 4.66. The van der Waals surface area contributed by atoms with Gasteiger partial charge in [0.1, 0.15) is 11.6 Å². The molecule has 0 aliphatic heterocycles. The second kappa shape index (κ2) is 6.46. The fraction of sp³-hybridized carbons (Fsp3) is 0.375. The van der Waals surface area contributed by atoms with Gasteiger partial charge in [-0.15, -0.1) is 0 Å². The van der Waals surface area contributed by atoms with E-state index < -0.39 is 0 Å². The second-order valence-electron chi connectivity index (χ2n) is 4.87. The van der Waals surface area contributed by atoms with Crippen LogP contribution in [0.1, 0.15) is 31.5 Å². The van der Waals surface area contributed by atoms with Crippen molar-refractivity contribution in [2.45, 2.75) is 33.6 Å². The Morgan fingerprint density at radius 2 is 1.90 bits per heavy atom. The van der Waals surface area contributed by atoms with Crippen molar-refractivity contribution in [2.24, 2.45) is 0 Å². The fourth-order valence-corrected chi connectivity index (χ4v) is 2.02. The minimum absolute atomic E-state index is 0.256. The number of nitrogens with zero attached hydrogens (tertiary/aromatic N) is 2. The molecule has 0 aliphatic rings. The van der Waals surface area contributed by atoms with E-state index in [4.69, 9.17) is 0 Å². The average Bonchev–Trinajstić information content (AvgIpc) is 2.43. The van der Waals surface area contributed by atoms with Gasteiger partial charge in [-0.1, -0.05) is 13.8 Å². The molecule has 0 radical (unpaired) electrons. The summed E-state index contributed by atoms with van der Waals surface area (Å²) in [6.45, 7) is 6.88. The minimum Gasteiger partial charge on any atom is -0.370 e. The van der Waals surface area contributed by atoms with Crippen LogP contribution in [0.25, 0.3) is 11.4 Å². The fourth-order valence-electron chi connectivity index (χ4n) is 2.02. The van der Waals surface area contributed by atoms with Crippen LogP contribution in [-0.2, 0) is 6.42 Å². The van der Waals surface area contributed by atoms with E-state index in [1.165, 1.54) is 12.1 Å². The normalized spacial score (nSPS) is 10.6. The highest BCUT2D eigenvalue weighted by molar-refractivity contribution is 5.58. The van der Waals surface area contributed by atoms with E-state index in [-0.39, 0.29) is 5.82 Å². The summed E-state index contributed by atoms with van der Waals surface area (Å²) in [6.07, 6.45) is 1.85. The highest BCUT2D eigenvalue weighted by Gasteiger charge is 2.08. The van der Waals surface area contributed by atoms with Gasteiger partial charge in [0.05, 0.1) is 0 Å². The molecule has 2 aromatic rings. The zero-order valence-corrected chi connectivity index (χ0v) is 12.2. The zero-order chi connectivity index (χ0) is 14.5. The van der Waals surface area contributed by atoms with Crippen LogP contribution < -0.4 is 5.32 Å². The van der Waals surface area contributed by atoms with E-state index in [1.807, 2.05) is 26.0 Å². The summed E-state index contributed by atoms with van der Waals surface area (Å²) in [4.78, 5) is 8.98. The maximum absolute atomic E-state index is 13.5. The van der Waals surface area contributed by atoms with Gasteiger partial charge in [0.15, 0.2) is 5.82 Å². The topological polar surface area (TPSA) is 37.8 Å². The lowest BCUT2D eigenvalue weighted by Gasteiger charge is -2.09. The molecule has 0 aliphatic carbocycles. The minimum atomic E-state index is -0.256. The van der Waals surface area contributed by atoms with Crippen LogP contribution >= 0.6 is 0 Å². The zero-order valence-electron chi connectivity index (χ0n) is 12.2. The first kappa shape index (κ1) is 14.4. The molecule has 4 heteroatoms. The van der Waals surface area contributed by atoms with Crippen LogP contribution in [-0.4, -0.2) is 16.5 Å². The molecule has 1 N–H and O–H groups in total. The number of halogens is 1. The highest BCUT2D eigenvalue weighted by atomic mass is 19.1. The lowest BCUT2D eigenvalue weighted by Crippen LogP contribution is -2.05. The van der Waals surface area contributed by atoms with E-state index in [2.05, 4.69) is 22.2 Å². The Hall–Kier alpha value is -1.97. The van der Waals surface area contributed by atoms with Crippen molar-refractivity contribution in [2.75, 3.05) is 11.9 Å². The maximum Gasteiger partial charge on any atom is 0.161 e. The average molecular weight is 273 g/mol. The van der Waals surface area contributed by atoms with Gasteiger partial charge in [-0.25, -0.2) is 14.4 Å². The Labute approximate surface area is 119 Å². The summed E-state index contributed by atoms with van der Waals surface area (Å²) >= 11 is 0. The largest absolute Gasteiger partial charge is 0.370 e. The van der Waals surface area contributed by atoms with Gasteiger partial charge in [-0.05, 0) is 43.5 Å². The maximum atomic E-state index is 13.5. The second-order valence-corrected chi connectivity index (χ2v) is 4.87. The summed E-state index contributed by atoms with van der Waals surface area (Å²) in [5, 5.41) is 3.26. The van der Waals surface area contributed by atoms with Gasteiger partial charge in [0.25, 0.3) is 0 Å². The van der Waals surface area contributed by atoms with E-state index in [9.17, 15) is 4.39 Å². The quantitative estimate of drug-likeness (QED) is 0.895. The number of rotatable bonds is 5. The van der Waals surface area contributed by atoms with Crippen molar-refractivity contribution in [1.82, 2.24) is 9.97 Å². The molecular weight excluding hydrogens is 253 g/mol. The summed E-state index contributed by atoms with van der Waals surface area (Å²) in [5.74, 6) is 1.12. The van der Waals surface area contributed by atoms with Crippen LogP contribution in [0, 0.1) is 12.7 Å². The van der Waals surface area contributed by atoms with Crippen molar-refractivity contribution < 1.29 is 4.39 Å². The van der Waals surface area contributed by atoms with Crippen molar-refractivity contribution in [3.8, 4) is 11.4 Å². The first-order chi connectivity index (χ1) is 9.62. The van der Waals surface area contributed by atoms with Crippen LogP contribution in [0.2, 0.25) is 0 Å². The van der Waals surface area contributed by atoms with Crippen molar-refractivity contribution in [3.05, 3.63) is 41.3 Å². The standard InChI is InChI=1S/C16H20FN3/c1-4-6-18-15-10-14(5-2)19-16(20-15)12-7-11(3)8-13(17)9-12/h7-10H,4-6H2,1-3H3,(H,18,19,20). The molecule has 0 atom stereocenters. The van der Waals surface area contributed by atoms with Gasteiger partial charge >= 0.3 is 0 Å². The molecule has 0 fully saturated rings. The van der Waals surface area contributed by atoms with Gasteiger partial charge in [-0.3, -0.25) is 0 Å². The molecule has 0 unspecified atom stereocenters. The molecule has 0 spiro atoms. The number of hydrogen-bond donors (Lipinski definition) is 1. The van der Waals surface area contributed by atoms with Crippen molar-refractivity contribution in [3.63, 3.8) is 0 Å². The molecule has 106 valence electrons. The summed E-state index contributed by atoms with van der Waals surface area (Å²) in [7, 11) is 0. The Morgan fingerprint density at radius 1 is 1.10 bits per heavy atom. The van der Waals surface area contributed by atoms with Gasteiger partial charge < -0.3 is 5.32 Å². The number of nitrogens with one attached hydrogen (secondary N) is 1. The van der Waals surface area contributed by atoms with Crippen molar-refractivity contribution >= 4 is 5.82 Å². The number of hydrogen-bond acceptors (Lipinski definition) is 3. The number of aromatic nitrogens is 2. The number of anilines is 1. The predicted molar refractivity (Wildman–Crippen MR) is 80.3 cm³/mol. The SMILES string of the molecule is CCCNc1cc(CC)nc(-c2cc(C)cc(F)c2)n1. The Morgan fingerprint density at radius 3 is 2.55 bits per heavy atom. The molecule has 0 bridgehead atoms. The summed E-state index contributed by atoms with van der Waals surface area (Å²) in [6, 6.07) is 6.83. The predicted octanol–water partition coefficient (Wildman–Crippen LogP) is 3.98. The van der Waals surface area contributed by atoms with Gasteiger partial charge in [0, 0.05) is 23.9 Å². The first-order valence-corrected chi connectivity index (χ1v) is 7.01. The first-order valence-electron chi connectivity index (χ1n) is 7.01. The van der Waals surface area contributed by atoms with Gasteiger partial charge in [0.2, 0.25) is 0 Å². The summed E-state index contributed by atoms with van der Waals surface area (Å²) < 4.78 is 13.5. The molecule has 3 nitrogen and oxygen atoms in total. The molecule has 0 amide bonds. The highest BCUT2D eigenvalue weighted by Crippen LogP contribution is 2.21.